The molecule has 4 N–H and O–H groups in total. The molecule has 0 aliphatic carbocycles. The molecule has 128 valence electrons. The molecule has 22 heavy (non-hydrogen) atoms. The van der Waals surface area contributed by atoms with Crippen LogP contribution in [0.25, 0.3) is 0 Å². The van der Waals surface area contributed by atoms with Crippen molar-refractivity contribution in [2.45, 2.75) is 32.9 Å². The lowest BCUT2D eigenvalue weighted by atomic mass is 9.88. The van der Waals surface area contributed by atoms with Crippen molar-refractivity contribution in [3.8, 4) is 0 Å². The molecule has 0 aliphatic heterocycles. The third-order valence-electron chi connectivity index (χ3n) is 3.49. The highest BCUT2D eigenvalue weighted by Crippen LogP contribution is 2.16. The molecule has 0 aliphatic rings. The predicted molar refractivity (Wildman–Crippen MR) is 87.4 cm³/mol. The fourth-order valence-corrected chi connectivity index (χ4v) is 1.95. The number of nitrogens with two attached hydrogens (primary N) is 1. The monoisotopic (exact) mass is 353 g/mol. The van der Waals surface area contributed by atoms with Gasteiger partial charge >= 0.3 is 0 Å². The normalized spacial score (nSPS) is 14.3. The topological polar surface area (TPSA) is 114 Å². The van der Waals surface area contributed by atoms with Crippen LogP contribution in [-0.4, -0.2) is 32.7 Å². The first-order valence-corrected chi connectivity index (χ1v) is 8.52. The maximum atomic E-state index is 12.1. The molecule has 1 unspecified atom stereocenters. The third kappa shape index (κ3) is 5.96. The van der Waals surface area contributed by atoms with Gasteiger partial charge < -0.3 is 15.5 Å². The highest BCUT2D eigenvalue weighted by Gasteiger charge is 2.29. The van der Waals surface area contributed by atoms with Gasteiger partial charge in [-0.25, -0.2) is 13.1 Å². The zero-order valence-electron chi connectivity index (χ0n) is 13.2. The molecule has 1 aromatic rings. The number of furan rings is 1. The predicted octanol–water partition coefficient (Wildman–Crippen LogP) is 0.854. The van der Waals surface area contributed by atoms with Gasteiger partial charge in [-0.3, -0.25) is 4.79 Å². The summed E-state index contributed by atoms with van der Waals surface area (Å²) in [5.74, 6) is 0.278. The SMILES string of the molecule is CC(C)C(C)(CN)NC(=O)c1ccc(CNS(C)(=O)=O)o1.Cl. The zero-order chi connectivity index (χ0) is 16.3. The number of amides is 1. The van der Waals surface area contributed by atoms with Gasteiger partial charge in [-0.1, -0.05) is 13.8 Å². The van der Waals surface area contributed by atoms with Crippen molar-refractivity contribution in [3.63, 3.8) is 0 Å². The van der Waals surface area contributed by atoms with E-state index in [1.807, 2.05) is 20.8 Å². The number of sulfonamides is 1. The standard InChI is InChI=1S/C13H23N3O4S.ClH/c1-9(2)13(3,8-14)16-12(17)11-6-5-10(20-11)7-15-21(4,18)19;/h5-6,9,15H,7-8,14H2,1-4H3,(H,16,17);1H. The van der Waals surface area contributed by atoms with Gasteiger partial charge in [-0.2, -0.15) is 0 Å². The number of hydrogen-bond donors (Lipinski definition) is 3. The van der Waals surface area contributed by atoms with Gasteiger partial charge in [-0.15, -0.1) is 12.4 Å². The van der Waals surface area contributed by atoms with E-state index in [2.05, 4.69) is 10.0 Å². The average molecular weight is 354 g/mol. The van der Waals surface area contributed by atoms with E-state index in [0.29, 0.717) is 12.3 Å². The maximum absolute atomic E-state index is 12.1. The van der Waals surface area contributed by atoms with Crippen LogP contribution in [0.15, 0.2) is 16.5 Å². The van der Waals surface area contributed by atoms with Gasteiger partial charge in [-0.05, 0) is 25.0 Å². The van der Waals surface area contributed by atoms with Crippen molar-refractivity contribution in [2.75, 3.05) is 12.8 Å². The smallest absolute Gasteiger partial charge is 0.287 e. The van der Waals surface area contributed by atoms with Crippen LogP contribution in [0.3, 0.4) is 0 Å². The number of nitrogens with one attached hydrogen (secondary N) is 2. The molecule has 0 radical (unpaired) electrons. The molecular formula is C13H24ClN3O4S. The summed E-state index contributed by atoms with van der Waals surface area (Å²) in [5.41, 5.74) is 5.18. The third-order valence-corrected chi connectivity index (χ3v) is 4.16. The fraction of sp³-hybridized carbons (Fsp3) is 0.615. The lowest BCUT2D eigenvalue weighted by molar-refractivity contribution is 0.0852. The van der Waals surface area contributed by atoms with E-state index in [1.54, 1.807) is 6.07 Å². The second-order valence-corrected chi connectivity index (χ2v) is 7.42. The molecule has 9 heteroatoms. The molecule has 0 bridgehead atoms. The fourth-order valence-electron chi connectivity index (χ4n) is 1.55. The minimum atomic E-state index is -3.30. The minimum Gasteiger partial charge on any atom is -0.455 e. The summed E-state index contributed by atoms with van der Waals surface area (Å²) in [6, 6.07) is 3.06. The van der Waals surface area contributed by atoms with Gasteiger partial charge in [0.25, 0.3) is 5.91 Å². The van der Waals surface area contributed by atoms with E-state index in [0.717, 1.165) is 6.26 Å². The van der Waals surface area contributed by atoms with Gasteiger partial charge in [0, 0.05) is 6.54 Å². The summed E-state index contributed by atoms with van der Waals surface area (Å²) in [6.45, 7) is 6.11. The largest absolute Gasteiger partial charge is 0.455 e. The zero-order valence-corrected chi connectivity index (χ0v) is 14.8. The lowest BCUT2D eigenvalue weighted by Gasteiger charge is -2.33. The Labute approximate surface area is 137 Å². The highest BCUT2D eigenvalue weighted by molar-refractivity contribution is 7.88. The quantitative estimate of drug-likeness (QED) is 0.672. The number of halogens is 1. The molecule has 0 saturated heterocycles. The van der Waals surface area contributed by atoms with Gasteiger partial charge in [0.15, 0.2) is 5.76 Å². The van der Waals surface area contributed by atoms with Crippen LogP contribution in [0, 0.1) is 5.92 Å². The Balaban J connectivity index is 0.00000441. The summed E-state index contributed by atoms with van der Waals surface area (Å²) in [4.78, 5) is 12.1. The molecule has 1 rings (SSSR count). The summed E-state index contributed by atoms with van der Waals surface area (Å²) in [6.07, 6.45) is 1.05. The molecule has 0 saturated carbocycles. The van der Waals surface area contributed by atoms with Crippen LogP contribution < -0.4 is 15.8 Å². The van der Waals surface area contributed by atoms with Gasteiger partial charge in [0.1, 0.15) is 5.76 Å². The molecule has 1 heterocycles. The lowest BCUT2D eigenvalue weighted by Crippen LogP contribution is -2.54. The van der Waals surface area contributed by atoms with Crippen molar-refractivity contribution in [1.29, 1.82) is 0 Å². The van der Waals surface area contributed by atoms with Gasteiger partial charge in [0.2, 0.25) is 10.0 Å². The molecular weight excluding hydrogens is 330 g/mol. The average Bonchev–Trinajstić information content (AvgIpc) is 2.84. The van der Waals surface area contributed by atoms with Crippen LogP contribution in [-0.2, 0) is 16.6 Å². The molecule has 0 fully saturated rings. The Bertz CT molecular complexity index is 600. The first-order chi connectivity index (χ1) is 9.57. The summed E-state index contributed by atoms with van der Waals surface area (Å²) >= 11 is 0. The van der Waals surface area contributed by atoms with Crippen LogP contribution in [0.1, 0.15) is 37.1 Å². The Hall–Kier alpha value is -1.09. The van der Waals surface area contributed by atoms with E-state index in [9.17, 15) is 13.2 Å². The van der Waals surface area contributed by atoms with Crippen molar-refractivity contribution >= 4 is 28.3 Å². The Morgan fingerprint density at radius 2 is 2.00 bits per heavy atom. The Morgan fingerprint density at radius 3 is 2.45 bits per heavy atom. The number of carbonyl (C=O) groups is 1. The maximum Gasteiger partial charge on any atom is 0.287 e. The van der Waals surface area contributed by atoms with Crippen molar-refractivity contribution in [3.05, 3.63) is 23.7 Å². The Kier molecular flexibility index (Phi) is 7.56. The van der Waals surface area contributed by atoms with E-state index < -0.39 is 15.6 Å². The van der Waals surface area contributed by atoms with Gasteiger partial charge in [0.05, 0.1) is 18.3 Å². The minimum absolute atomic E-state index is 0. The molecule has 0 spiro atoms. The molecule has 0 aromatic carbocycles. The second-order valence-electron chi connectivity index (χ2n) is 5.59. The number of rotatable bonds is 7. The summed E-state index contributed by atoms with van der Waals surface area (Å²) < 4.78 is 29.6. The van der Waals surface area contributed by atoms with E-state index >= 15 is 0 Å². The molecule has 1 atom stereocenters. The molecule has 7 nitrogen and oxygen atoms in total. The first-order valence-electron chi connectivity index (χ1n) is 6.63. The number of carbonyl (C=O) groups excluding carboxylic acids is 1. The highest BCUT2D eigenvalue weighted by atomic mass is 35.5. The van der Waals surface area contributed by atoms with Crippen molar-refractivity contribution in [1.82, 2.24) is 10.0 Å². The molecule has 1 aromatic heterocycles. The molecule has 1 amide bonds. The van der Waals surface area contributed by atoms with Crippen molar-refractivity contribution < 1.29 is 17.6 Å². The van der Waals surface area contributed by atoms with E-state index in [-0.39, 0.29) is 36.5 Å². The summed E-state index contributed by atoms with van der Waals surface area (Å²) in [7, 11) is -3.30. The van der Waals surface area contributed by atoms with Crippen molar-refractivity contribution in [2.24, 2.45) is 11.7 Å². The number of hydrogen-bond acceptors (Lipinski definition) is 5. The van der Waals surface area contributed by atoms with E-state index in [1.165, 1.54) is 6.07 Å². The summed E-state index contributed by atoms with van der Waals surface area (Å²) in [5, 5.41) is 2.85. The Morgan fingerprint density at radius 1 is 1.41 bits per heavy atom. The second kappa shape index (κ2) is 7.96. The van der Waals surface area contributed by atoms with Crippen LogP contribution in [0.5, 0.6) is 0 Å². The van der Waals surface area contributed by atoms with Crippen LogP contribution in [0.2, 0.25) is 0 Å². The van der Waals surface area contributed by atoms with Crippen LogP contribution >= 0.6 is 12.4 Å². The van der Waals surface area contributed by atoms with E-state index in [4.69, 9.17) is 10.2 Å². The van der Waals surface area contributed by atoms with Crippen LogP contribution in [0.4, 0.5) is 0 Å². The first kappa shape index (κ1) is 20.9.